The summed E-state index contributed by atoms with van der Waals surface area (Å²) >= 11 is 0. The number of benzene rings is 1. The summed E-state index contributed by atoms with van der Waals surface area (Å²) in [6, 6.07) is 3.56. The molecule has 1 rings (SSSR count). The molecule has 0 heterocycles. The predicted molar refractivity (Wildman–Crippen MR) is 63.9 cm³/mol. The van der Waals surface area contributed by atoms with Crippen LogP contribution in [0.3, 0.4) is 0 Å². The molecule has 1 aromatic carbocycles. The molecule has 0 saturated carbocycles. The maximum absolute atomic E-state index is 13.5. The normalized spacial score (nSPS) is 14.6. The molecular formula is C13H19F2NO. The average Bonchev–Trinajstić information content (AvgIpc) is 2.26. The van der Waals surface area contributed by atoms with Gasteiger partial charge in [-0.25, -0.2) is 8.78 Å². The highest BCUT2D eigenvalue weighted by molar-refractivity contribution is 5.22. The fourth-order valence-corrected chi connectivity index (χ4v) is 1.78. The van der Waals surface area contributed by atoms with Gasteiger partial charge in [0.05, 0.1) is 6.61 Å². The summed E-state index contributed by atoms with van der Waals surface area (Å²) < 4.78 is 32.2. The average molecular weight is 243 g/mol. The summed E-state index contributed by atoms with van der Waals surface area (Å²) in [6.45, 7) is 6.73. The zero-order chi connectivity index (χ0) is 12.8. The van der Waals surface area contributed by atoms with Crippen molar-refractivity contribution in [1.29, 1.82) is 0 Å². The van der Waals surface area contributed by atoms with E-state index < -0.39 is 11.6 Å². The van der Waals surface area contributed by atoms with Crippen LogP contribution in [0.1, 0.15) is 32.4 Å². The van der Waals surface area contributed by atoms with Gasteiger partial charge >= 0.3 is 0 Å². The van der Waals surface area contributed by atoms with Crippen LogP contribution in [0.5, 0.6) is 0 Å². The van der Waals surface area contributed by atoms with Crippen LogP contribution >= 0.6 is 0 Å². The maximum Gasteiger partial charge on any atom is 0.130 e. The molecule has 2 atom stereocenters. The molecule has 0 fully saturated rings. The van der Waals surface area contributed by atoms with Crippen LogP contribution in [-0.4, -0.2) is 19.3 Å². The van der Waals surface area contributed by atoms with Crippen LogP contribution < -0.4 is 5.32 Å². The van der Waals surface area contributed by atoms with Crippen molar-refractivity contribution in [2.24, 2.45) is 0 Å². The number of hydrogen-bond donors (Lipinski definition) is 1. The third-order valence-electron chi connectivity index (χ3n) is 2.54. The summed E-state index contributed by atoms with van der Waals surface area (Å²) in [5.41, 5.74) is 0.0795. The molecule has 96 valence electrons. The Morgan fingerprint density at radius 1 is 1.24 bits per heavy atom. The minimum atomic E-state index is -0.520. The number of hydrogen-bond acceptors (Lipinski definition) is 2. The van der Waals surface area contributed by atoms with Crippen LogP contribution in [0.15, 0.2) is 18.2 Å². The highest BCUT2D eigenvalue weighted by Gasteiger charge is 2.17. The van der Waals surface area contributed by atoms with Crippen molar-refractivity contribution in [3.8, 4) is 0 Å². The van der Waals surface area contributed by atoms with Gasteiger partial charge in [-0.3, -0.25) is 0 Å². The third-order valence-corrected chi connectivity index (χ3v) is 2.54. The second-order valence-electron chi connectivity index (χ2n) is 4.08. The standard InChI is InChI=1S/C13H19F2NO/c1-4-17-8-9(2)16-10(3)13-11(14)6-5-7-12(13)15/h5-7,9-10,16H,4,8H2,1-3H3. The highest BCUT2D eigenvalue weighted by Crippen LogP contribution is 2.20. The molecular weight excluding hydrogens is 224 g/mol. The smallest absolute Gasteiger partial charge is 0.130 e. The Morgan fingerprint density at radius 3 is 2.35 bits per heavy atom. The monoisotopic (exact) mass is 243 g/mol. The summed E-state index contributed by atoms with van der Waals surface area (Å²) in [7, 11) is 0. The van der Waals surface area contributed by atoms with E-state index in [4.69, 9.17) is 4.74 Å². The Labute approximate surface area is 101 Å². The van der Waals surface area contributed by atoms with Gasteiger partial charge in [0.15, 0.2) is 0 Å². The first kappa shape index (κ1) is 14.1. The van der Waals surface area contributed by atoms with Crippen LogP contribution in [0, 0.1) is 11.6 Å². The lowest BCUT2D eigenvalue weighted by Gasteiger charge is -2.21. The van der Waals surface area contributed by atoms with Crippen molar-refractivity contribution in [2.45, 2.75) is 32.9 Å². The molecule has 4 heteroatoms. The number of rotatable bonds is 6. The lowest BCUT2D eigenvalue weighted by Crippen LogP contribution is -2.33. The molecule has 0 aliphatic rings. The van der Waals surface area contributed by atoms with Gasteiger partial charge in [-0.05, 0) is 32.9 Å². The van der Waals surface area contributed by atoms with E-state index in [0.29, 0.717) is 13.2 Å². The van der Waals surface area contributed by atoms with Gasteiger partial charge in [-0.2, -0.15) is 0 Å². The molecule has 0 amide bonds. The fourth-order valence-electron chi connectivity index (χ4n) is 1.78. The zero-order valence-electron chi connectivity index (χ0n) is 10.5. The van der Waals surface area contributed by atoms with E-state index in [0.717, 1.165) is 0 Å². The van der Waals surface area contributed by atoms with E-state index in [1.165, 1.54) is 18.2 Å². The van der Waals surface area contributed by atoms with Crippen LogP contribution in [0.2, 0.25) is 0 Å². The van der Waals surface area contributed by atoms with Gasteiger partial charge in [0.1, 0.15) is 11.6 Å². The Hall–Kier alpha value is -1.00. The van der Waals surface area contributed by atoms with Gasteiger partial charge in [0.25, 0.3) is 0 Å². The summed E-state index contributed by atoms with van der Waals surface area (Å²) in [5.74, 6) is -1.04. The molecule has 2 nitrogen and oxygen atoms in total. The van der Waals surface area contributed by atoms with Crippen LogP contribution in [0.25, 0.3) is 0 Å². The van der Waals surface area contributed by atoms with E-state index >= 15 is 0 Å². The molecule has 1 aromatic rings. The SMILES string of the molecule is CCOCC(C)NC(C)c1c(F)cccc1F. The second-order valence-corrected chi connectivity index (χ2v) is 4.08. The second kappa shape index (κ2) is 6.67. The molecule has 2 unspecified atom stereocenters. The predicted octanol–water partition coefficient (Wildman–Crippen LogP) is 3.04. The van der Waals surface area contributed by atoms with Gasteiger partial charge in [0.2, 0.25) is 0 Å². The molecule has 1 N–H and O–H groups in total. The Kier molecular flexibility index (Phi) is 5.51. The first-order chi connectivity index (χ1) is 8.06. The summed E-state index contributed by atoms with van der Waals surface area (Å²) in [5, 5.41) is 3.11. The zero-order valence-corrected chi connectivity index (χ0v) is 10.5. The minimum absolute atomic E-state index is 0.0453. The molecule has 0 aliphatic heterocycles. The number of halogens is 2. The van der Waals surface area contributed by atoms with Gasteiger partial charge in [-0.15, -0.1) is 0 Å². The van der Waals surface area contributed by atoms with E-state index in [2.05, 4.69) is 5.32 Å². The molecule has 0 saturated heterocycles. The quantitative estimate of drug-likeness (QED) is 0.829. The molecule has 17 heavy (non-hydrogen) atoms. The lowest BCUT2D eigenvalue weighted by atomic mass is 10.1. The van der Waals surface area contributed by atoms with Crippen LogP contribution in [-0.2, 0) is 4.74 Å². The van der Waals surface area contributed by atoms with Gasteiger partial charge in [-0.1, -0.05) is 6.07 Å². The van der Waals surface area contributed by atoms with Crippen molar-refractivity contribution in [2.75, 3.05) is 13.2 Å². The van der Waals surface area contributed by atoms with E-state index in [-0.39, 0.29) is 17.6 Å². The van der Waals surface area contributed by atoms with Crippen molar-refractivity contribution >= 4 is 0 Å². The molecule has 0 bridgehead atoms. The number of ether oxygens (including phenoxy) is 1. The maximum atomic E-state index is 13.5. The molecule has 0 radical (unpaired) electrons. The van der Waals surface area contributed by atoms with Crippen molar-refractivity contribution in [3.63, 3.8) is 0 Å². The first-order valence-electron chi connectivity index (χ1n) is 5.84. The molecule has 0 spiro atoms. The Morgan fingerprint density at radius 2 is 1.82 bits per heavy atom. The van der Waals surface area contributed by atoms with Crippen molar-refractivity contribution in [3.05, 3.63) is 35.4 Å². The third kappa shape index (κ3) is 4.06. The van der Waals surface area contributed by atoms with Crippen molar-refractivity contribution < 1.29 is 13.5 Å². The van der Waals surface area contributed by atoms with E-state index in [9.17, 15) is 8.78 Å². The molecule has 0 aromatic heterocycles. The van der Waals surface area contributed by atoms with Gasteiger partial charge < -0.3 is 10.1 Å². The fraction of sp³-hybridized carbons (Fsp3) is 0.538. The Balaban J connectivity index is 2.66. The highest BCUT2D eigenvalue weighted by atomic mass is 19.1. The molecule has 0 aliphatic carbocycles. The lowest BCUT2D eigenvalue weighted by molar-refractivity contribution is 0.124. The van der Waals surface area contributed by atoms with Gasteiger partial charge in [0, 0.05) is 24.3 Å². The van der Waals surface area contributed by atoms with E-state index in [1.807, 2.05) is 13.8 Å². The largest absolute Gasteiger partial charge is 0.380 e. The van der Waals surface area contributed by atoms with Crippen LogP contribution in [0.4, 0.5) is 8.78 Å². The van der Waals surface area contributed by atoms with Crippen molar-refractivity contribution in [1.82, 2.24) is 5.32 Å². The summed E-state index contributed by atoms with van der Waals surface area (Å²) in [6.07, 6.45) is 0. The van der Waals surface area contributed by atoms with E-state index in [1.54, 1.807) is 6.92 Å². The first-order valence-corrected chi connectivity index (χ1v) is 5.84. The minimum Gasteiger partial charge on any atom is -0.380 e. The topological polar surface area (TPSA) is 21.3 Å². The summed E-state index contributed by atoms with van der Waals surface area (Å²) in [4.78, 5) is 0. The number of nitrogens with one attached hydrogen (secondary N) is 1. The Bertz CT molecular complexity index is 337.